The summed E-state index contributed by atoms with van der Waals surface area (Å²) >= 11 is 12.3. The van der Waals surface area contributed by atoms with Gasteiger partial charge in [-0.2, -0.15) is 0 Å². The van der Waals surface area contributed by atoms with E-state index in [0.29, 0.717) is 25.0 Å². The van der Waals surface area contributed by atoms with Crippen LogP contribution < -0.4 is 10.5 Å². The Morgan fingerprint density at radius 2 is 1.96 bits per heavy atom. The second kappa shape index (κ2) is 7.70. The lowest BCUT2D eigenvalue weighted by Gasteiger charge is -2.18. The molecule has 8 heteroatoms. The minimum Gasteiger partial charge on any atom is -0.489 e. The van der Waals surface area contributed by atoms with Gasteiger partial charge in [0, 0.05) is 5.56 Å². The van der Waals surface area contributed by atoms with Crippen molar-refractivity contribution in [2.75, 3.05) is 0 Å². The molecule has 1 aliphatic carbocycles. The molecule has 1 aromatic rings. The number of hydrogen-bond donors (Lipinski definition) is 3. The molecule has 1 saturated carbocycles. The maximum Gasteiger partial charge on any atom is 0.306 e. The Bertz CT molecular complexity index is 650. The molecule has 1 fully saturated rings. The minimum atomic E-state index is -1.10. The third-order valence-corrected chi connectivity index (χ3v) is 5.03. The fraction of sp³-hybridized carbons (Fsp3) is 0.500. The van der Waals surface area contributed by atoms with E-state index in [1.165, 1.54) is 19.1 Å². The summed E-state index contributed by atoms with van der Waals surface area (Å²) in [4.78, 5) is 23.2. The lowest BCUT2D eigenvalue weighted by Crippen LogP contribution is -2.40. The Morgan fingerprint density at radius 3 is 2.50 bits per heavy atom. The summed E-state index contributed by atoms with van der Waals surface area (Å²) in [6.07, 6.45) is 0.274. The molecule has 0 radical (unpaired) electrons. The van der Waals surface area contributed by atoms with E-state index in [-0.39, 0.29) is 21.7 Å². The number of carbonyl (C=O) groups is 2. The first kappa shape index (κ1) is 19.0. The summed E-state index contributed by atoms with van der Waals surface area (Å²) in [5.74, 6) is -1.48. The smallest absolute Gasteiger partial charge is 0.306 e. The zero-order valence-corrected chi connectivity index (χ0v) is 14.5. The van der Waals surface area contributed by atoms with Gasteiger partial charge in [-0.3, -0.25) is 9.59 Å². The van der Waals surface area contributed by atoms with Gasteiger partial charge in [-0.25, -0.2) is 0 Å². The van der Waals surface area contributed by atoms with E-state index >= 15 is 0 Å². The van der Waals surface area contributed by atoms with Crippen molar-refractivity contribution >= 4 is 35.0 Å². The quantitative estimate of drug-likeness (QED) is 0.658. The number of carbonyl (C=O) groups excluding carboxylic acids is 1. The Hall–Kier alpha value is -1.34. The summed E-state index contributed by atoms with van der Waals surface area (Å²) in [7, 11) is 0. The van der Waals surface area contributed by atoms with Crippen molar-refractivity contribution < 1.29 is 24.5 Å². The monoisotopic (exact) mass is 375 g/mol. The molecule has 0 amide bonds. The van der Waals surface area contributed by atoms with Gasteiger partial charge in [-0.1, -0.05) is 23.2 Å². The molecule has 0 spiro atoms. The lowest BCUT2D eigenvalue weighted by molar-refractivity contribution is -0.141. The van der Waals surface area contributed by atoms with Crippen LogP contribution in [0, 0.1) is 5.92 Å². The molecule has 4 atom stereocenters. The van der Waals surface area contributed by atoms with Crippen LogP contribution in [0.5, 0.6) is 5.75 Å². The molecule has 0 heterocycles. The van der Waals surface area contributed by atoms with Crippen LogP contribution in [-0.4, -0.2) is 40.2 Å². The van der Waals surface area contributed by atoms with Gasteiger partial charge in [-0.15, -0.1) is 0 Å². The molecule has 0 bridgehead atoms. The fourth-order valence-electron chi connectivity index (χ4n) is 2.66. The maximum absolute atomic E-state index is 12.2. The van der Waals surface area contributed by atoms with Crippen molar-refractivity contribution in [1.82, 2.24) is 0 Å². The topological polar surface area (TPSA) is 110 Å². The highest BCUT2D eigenvalue weighted by Crippen LogP contribution is 2.38. The number of ether oxygens (including phenoxy) is 1. The number of benzene rings is 1. The summed E-state index contributed by atoms with van der Waals surface area (Å²) < 4.78 is 5.74. The SMILES string of the molecule is CC(O)C(N)C(=O)c1ccc(O[C@@H]2CC[C@@H](C(=O)O)C2)c(Cl)c1Cl. The molecule has 132 valence electrons. The largest absolute Gasteiger partial charge is 0.489 e. The number of aliphatic carboxylic acids is 1. The number of aliphatic hydroxyl groups excluding tert-OH is 1. The van der Waals surface area contributed by atoms with E-state index in [4.69, 9.17) is 38.8 Å². The van der Waals surface area contributed by atoms with Crippen LogP contribution in [0.25, 0.3) is 0 Å². The first-order valence-corrected chi connectivity index (χ1v) is 8.33. The number of hydrogen-bond acceptors (Lipinski definition) is 5. The van der Waals surface area contributed by atoms with Crippen LogP contribution in [0.3, 0.4) is 0 Å². The van der Waals surface area contributed by atoms with Gasteiger partial charge in [0.1, 0.15) is 10.8 Å². The van der Waals surface area contributed by atoms with E-state index in [9.17, 15) is 14.7 Å². The molecule has 1 aromatic carbocycles. The Balaban J connectivity index is 2.16. The molecule has 4 N–H and O–H groups in total. The van der Waals surface area contributed by atoms with Gasteiger partial charge in [0.2, 0.25) is 0 Å². The highest BCUT2D eigenvalue weighted by atomic mass is 35.5. The Kier molecular flexibility index (Phi) is 6.09. The van der Waals surface area contributed by atoms with Crippen LogP contribution in [0.4, 0.5) is 0 Å². The lowest BCUT2D eigenvalue weighted by atomic mass is 10.0. The van der Waals surface area contributed by atoms with E-state index in [2.05, 4.69) is 0 Å². The Morgan fingerprint density at radius 1 is 1.29 bits per heavy atom. The molecule has 1 aliphatic rings. The summed E-state index contributed by atoms with van der Waals surface area (Å²) in [5.41, 5.74) is 5.75. The van der Waals surface area contributed by atoms with E-state index in [0.717, 1.165) is 0 Å². The molecule has 0 saturated heterocycles. The standard InChI is InChI=1S/C16H19Cl2NO5/c1-7(20)14(19)15(21)10-4-5-11(13(18)12(10)17)24-9-3-2-8(6-9)16(22)23/h4-5,7-9,14,20H,2-3,6,19H2,1H3,(H,22,23)/t7?,8-,9-,14?/m1/s1. The number of ketones is 1. The van der Waals surface area contributed by atoms with Gasteiger partial charge >= 0.3 is 5.97 Å². The normalized spacial score (nSPS) is 22.9. The Labute approximate surface area is 149 Å². The highest BCUT2D eigenvalue weighted by Gasteiger charge is 2.32. The van der Waals surface area contributed by atoms with Crippen LogP contribution >= 0.6 is 23.2 Å². The molecule has 2 rings (SSSR count). The van der Waals surface area contributed by atoms with Gasteiger partial charge in [0.15, 0.2) is 5.78 Å². The molecule has 0 aliphatic heterocycles. The molecular formula is C16H19Cl2NO5. The number of carboxylic acids is 1. The van der Waals surface area contributed by atoms with Crippen molar-refractivity contribution in [2.45, 2.75) is 44.4 Å². The average Bonchev–Trinajstić information content (AvgIpc) is 2.99. The number of aliphatic hydroxyl groups is 1. The zero-order valence-electron chi connectivity index (χ0n) is 13.0. The number of nitrogens with two attached hydrogens (primary N) is 1. The second-order valence-corrected chi connectivity index (χ2v) is 6.71. The van der Waals surface area contributed by atoms with Gasteiger partial charge in [-0.05, 0) is 38.3 Å². The van der Waals surface area contributed by atoms with Crippen molar-refractivity contribution in [3.05, 3.63) is 27.7 Å². The van der Waals surface area contributed by atoms with Crippen molar-refractivity contribution in [3.8, 4) is 5.75 Å². The van der Waals surface area contributed by atoms with Crippen LogP contribution in [-0.2, 0) is 4.79 Å². The van der Waals surface area contributed by atoms with Crippen LogP contribution in [0.15, 0.2) is 12.1 Å². The van der Waals surface area contributed by atoms with E-state index in [1.807, 2.05) is 0 Å². The molecule has 24 heavy (non-hydrogen) atoms. The van der Waals surface area contributed by atoms with Crippen LogP contribution in [0.1, 0.15) is 36.5 Å². The molecule has 0 aromatic heterocycles. The van der Waals surface area contributed by atoms with Gasteiger partial charge < -0.3 is 20.7 Å². The zero-order chi connectivity index (χ0) is 18.0. The first-order chi connectivity index (χ1) is 11.2. The van der Waals surface area contributed by atoms with Gasteiger partial charge in [0.25, 0.3) is 0 Å². The fourth-order valence-corrected chi connectivity index (χ4v) is 3.12. The van der Waals surface area contributed by atoms with E-state index in [1.54, 1.807) is 0 Å². The van der Waals surface area contributed by atoms with Crippen LogP contribution in [0.2, 0.25) is 10.0 Å². The third kappa shape index (κ3) is 4.00. The summed E-state index contributed by atoms with van der Waals surface area (Å²) in [6, 6.07) is 1.85. The number of halogens is 2. The highest BCUT2D eigenvalue weighted by molar-refractivity contribution is 6.45. The molecule has 6 nitrogen and oxygen atoms in total. The number of rotatable bonds is 6. The predicted molar refractivity (Wildman–Crippen MR) is 89.8 cm³/mol. The van der Waals surface area contributed by atoms with Gasteiger partial charge in [0.05, 0.1) is 29.2 Å². The maximum atomic E-state index is 12.2. The van der Waals surface area contributed by atoms with E-state index < -0.39 is 29.8 Å². The molecule has 2 unspecified atom stereocenters. The summed E-state index contributed by atoms with van der Waals surface area (Å²) in [6.45, 7) is 1.41. The number of carboxylic acid groups (broad SMARTS) is 1. The second-order valence-electron chi connectivity index (χ2n) is 5.96. The van der Waals surface area contributed by atoms with Crippen molar-refractivity contribution in [2.24, 2.45) is 11.7 Å². The van der Waals surface area contributed by atoms with Crippen molar-refractivity contribution in [1.29, 1.82) is 0 Å². The molecular weight excluding hydrogens is 357 g/mol. The third-order valence-electron chi connectivity index (χ3n) is 4.16. The van der Waals surface area contributed by atoms with Crippen molar-refractivity contribution in [3.63, 3.8) is 0 Å². The predicted octanol–water partition coefficient (Wildman–Crippen LogP) is 2.52. The minimum absolute atomic E-state index is 0.00282. The first-order valence-electron chi connectivity index (χ1n) is 7.57. The number of Topliss-reactive ketones (excluding diaryl/α,β-unsaturated/α-hetero) is 1. The average molecular weight is 376 g/mol. The summed E-state index contributed by atoms with van der Waals surface area (Å²) in [5, 5.41) is 18.5.